The lowest BCUT2D eigenvalue weighted by Gasteiger charge is -2.56. The Morgan fingerprint density at radius 2 is 1.69 bits per heavy atom. The molecule has 4 fully saturated rings. The number of rotatable bonds is 7. The number of nitrogens with zero attached hydrogens (tertiary/aromatic N) is 1. The van der Waals surface area contributed by atoms with Gasteiger partial charge in [0.05, 0.1) is 0 Å². The van der Waals surface area contributed by atoms with Crippen LogP contribution in [0, 0.1) is 37.0 Å². The summed E-state index contributed by atoms with van der Waals surface area (Å²) in [6, 6.07) is 1.80. The van der Waals surface area contributed by atoms with Crippen LogP contribution in [-0.2, 0) is 21.4 Å². The fourth-order valence-corrected chi connectivity index (χ4v) is 6.49. The van der Waals surface area contributed by atoms with Gasteiger partial charge in [0, 0.05) is 30.4 Å². The van der Waals surface area contributed by atoms with Crippen molar-refractivity contribution in [2.75, 3.05) is 13.2 Å². The van der Waals surface area contributed by atoms with E-state index in [0.29, 0.717) is 12.0 Å². The highest BCUT2D eigenvalue weighted by Crippen LogP contribution is 2.61. The van der Waals surface area contributed by atoms with Crippen LogP contribution in [0.3, 0.4) is 0 Å². The summed E-state index contributed by atoms with van der Waals surface area (Å²) in [5.74, 6) is 1.55. The van der Waals surface area contributed by atoms with Gasteiger partial charge in [0.1, 0.15) is 6.54 Å². The minimum absolute atomic E-state index is 0.0650. The largest absolute Gasteiger partial charge is 0.456 e. The highest BCUT2D eigenvalue weighted by Gasteiger charge is 2.51. The van der Waals surface area contributed by atoms with Crippen LogP contribution >= 0.6 is 0 Å². The maximum Gasteiger partial charge on any atom is 0.325 e. The monoisotopic (exact) mass is 400 g/mol. The van der Waals surface area contributed by atoms with Crippen molar-refractivity contribution in [3.05, 3.63) is 23.0 Å². The predicted molar refractivity (Wildman–Crippen MR) is 108 cm³/mol. The van der Waals surface area contributed by atoms with E-state index in [2.05, 4.69) is 5.32 Å². The van der Waals surface area contributed by atoms with Crippen LogP contribution in [0.1, 0.15) is 66.7 Å². The Bertz CT molecular complexity index is 803. The molecule has 1 N–H and O–H groups in total. The minimum Gasteiger partial charge on any atom is -0.456 e. The number of ketones is 1. The zero-order valence-electron chi connectivity index (χ0n) is 17.8. The number of nitrogens with one attached hydrogen (secondary N) is 1. The van der Waals surface area contributed by atoms with Gasteiger partial charge in [-0.2, -0.15) is 0 Å². The molecule has 5 rings (SSSR count). The summed E-state index contributed by atoms with van der Waals surface area (Å²) in [7, 11) is 1.90. The lowest BCUT2D eigenvalue weighted by molar-refractivity contribution is -0.143. The van der Waals surface area contributed by atoms with Gasteiger partial charge in [-0.05, 0) is 81.6 Å². The molecule has 4 aliphatic rings. The van der Waals surface area contributed by atoms with Crippen molar-refractivity contribution in [1.29, 1.82) is 0 Å². The summed E-state index contributed by atoms with van der Waals surface area (Å²) >= 11 is 0. The molecular formula is C23H32N2O4. The summed E-state index contributed by atoms with van der Waals surface area (Å²) in [4.78, 5) is 36.8. The zero-order chi connectivity index (χ0) is 20.8. The van der Waals surface area contributed by atoms with E-state index in [0.717, 1.165) is 29.1 Å². The third-order valence-electron chi connectivity index (χ3n) is 7.57. The minimum atomic E-state index is -0.567. The van der Waals surface area contributed by atoms with Crippen LogP contribution < -0.4 is 5.32 Å². The van der Waals surface area contributed by atoms with Crippen molar-refractivity contribution in [1.82, 2.24) is 9.88 Å². The predicted octanol–water partition coefficient (Wildman–Crippen LogP) is 3.09. The van der Waals surface area contributed by atoms with Crippen LogP contribution in [0.25, 0.3) is 0 Å². The van der Waals surface area contributed by atoms with Crippen LogP contribution in [0.5, 0.6) is 0 Å². The highest BCUT2D eigenvalue weighted by molar-refractivity contribution is 5.99. The van der Waals surface area contributed by atoms with Crippen LogP contribution in [0.4, 0.5) is 0 Å². The second kappa shape index (κ2) is 7.62. The maximum atomic E-state index is 12.5. The quantitative estimate of drug-likeness (QED) is 0.564. The molecule has 0 saturated heterocycles. The Morgan fingerprint density at radius 1 is 1.10 bits per heavy atom. The molecule has 0 atom stereocenters. The molecule has 6 nitrogen and oxygen atoms in total. The van der Waals surface area contributed by atoms with E-state index < -0.39 is 5.97 Å². The van der Waals surface area contributed by atoms with Gasteiger partial charge >= 0.3 is 5.97 Å². The van der Waals surface area contributed by atoms with E-state index in [9.17, 15) is 14.4 Å². The number of esters is 1. The molecule has 1 aromatic heterocycles. The van der Waals surface area contributed by atoms with Gasteiger partial charge < -0.3 is 14.6 Å². The van der Waals surface area contributed by atoms with Gasteiger partial charge in [-0.15, -0.1) is 0 Å². The third kappa shape index (κ3) is 4.12. The Kier molecular flexibility index (Phi) is 5.30. The van der Waals surface area contributed by atoms with E-state index in [-0.39, 0.29) is 30.3 Å². The number of carbonyl (C=O) groups excluding carboxylic acids is 3. The first-order chi connectivity index (χ1) is 13.7. The number of ether oxygens (including phenoxy) is 1. The van der Waals surface area contributed by atoms with Crippen LogP contribution in [0.15, 0.2) is 6.07 Å². The number of carbonyl (C=O) groups is 3. The Morgan fingerprint density at radius 3 is 2.21 bits per heavy atom. The molecule has 1 aromatic rings. The van der Waals surface area contributed by atoms with E-state index in [1.807, 2.05) is 25.5 Å². The molecule has 0 aliphatic heterocycles. The number of amides is 1. The van der Waals surface area contributed by atoms with Crippen LogP contribution in [0.2, 0.25) is 0 Å². The summed E-state index contributed by atoms with van der Waals surface area (Å²) < 4.78 is 7.02. The Hall–Kier alpha value is -2.11. The molecule has 0 spiro atoms. The van der Waals surface area contributed by atoms with E-state index in [1.165, 1.54) is 38.5 Å². The molecule has 0 radical (unpaired) electrons. The Balaban J connectivity index is 1.22. The van der Waals surface area contributed by atoms with Crippen molar-refractivity contribution in [2.24, 2.45) is 30.2 Å². The molecule has 0 unspecified atom stereocenters. The summed E-state index contributed by atoms with van der Waals surface area (Å²) in [5, 5.41) is 2.72. The smallest absolute Gasteiger partial charge is 0.325 e. The van der Waals surface area contributed by atoms with E-state index >= 15 is 0 Å². The second-order valence-corrected chi connectivity index (χ2v) is 9.80. The highest BCUT2D eigenvalue weighted by atomic mass is 16.5. The fraction of sp³-hybridized carbons (Fsp3) is 0.696. The fourth-order valence-electron chi connectivity index (χ4n) is 6.49. The van der Waals surface area contributed by atoms with Crippen LogP contribution in [-0.4, -0.2) is 35.4 Å². The van der Waals surface area contributed by atoms with Crippen molar-refractivity contribution < 1.29 is 19.1 Å². The number of Topliss-reactive ketones (excluding diaryl/α,β-unsaturated/α-hetero) is 1. The standard InChI is InChI=1S/C23H32N2O4/c1-14-4-19(15(2)25(14)3)20(26)13-29-22(28)12-24-21(27)11-23-8-16-5-17(9-23)7-18(6-16)10-23/h4,16-18H,5-13H2,1-3H3,(H,24,27). The molecule has 4 bridgehead atoms. The van der Waals surface area contributed by atoms with Gasteiger partial charge in [0.15, 0.2) is 6.61 Å². The molecule has 6 heteroatoms. The first kappa shape index (κ1) is 20.2. The SMILES string of the molecule is Cc1cc(C(=O)COC(=O)CNC(=O)CC23CC4CC(CC(C4)C2)C3)c(C)n1C. The van der Waals surface area contributed by atoms with E-state index in [4.69, 9.17) is 4.74 Å². The first-order valence-electron chi connectivity index (χ1n) is 10.8. The van der Waals surface area contributed by atoms with E-state index in [1.54, 1.807) is 6.07 Å². The first-order valence-corrected chi connectivity index (χ1v) is 10.8. The van der Waals surface area contributed by atoms with Crippen molar-refractivity contribution in [3.8, 4) is 0 Å². The summed E-state index contributed by atoms with van der Waals surface area (Å²) in [6.07, 6.45) is 8.07. The van der Waals surface area contributed by atoms with Gasteiger partial charge in [0.2, 0.25) is 11.7 Å². The summed E-state index contributed by atoms with van der Waals surface area (Å²) in [5.41, 5.74) is 2.56. The molecular weight excluding hydrogens is 368 g/mol. The lowest BCUT2D eigenvalue weighted by Crippen LogP contribution is -2.48. The number of aryl methyl sites for hydroxylation is 1. The number of hydrogen-bond acceptors (Lipinski definition) is 4. The van der Waals surface area contributed by atoms with Gasteiger partial charge in [-0.1, -0.05) is 0 Å². The molecule has 158 valence electrons. The molecule has 4 saturated carbocycles. The number of hydrogen-bond donors (Lipinski definition) is 1. The maximum absolute atomic E-state index is 12.5. The third-order valence-corrected chi connectivity index (χ3v) is 7.57. The molecule has 29 heavy (non-hydrogen) atoms. The molecule has 4 aliphatic carbocycles. The number of aromatic nitrogens is 1. The van der Waals surface area contributed by atoms with Crippen molar-refractivity contribution in [3.63, 3.8) is 0 Å². The topological polar surface area (TPSA) is 77.4 Å². The average molecular weight is 401 g/mol. The van der Waals surface area contributed by atoms with Crippen molar-refractivity contribution in [2.45, 2.75) is 58.8 Å². The van der Waals surface area contributed by atoms with Crippen molar-refractivity contribution >= 4 is 17.7 Å². The molecule has 1 heterocycles. The van der Waals surface area contributed by atoms with Gasteiger partial charge in [-0.25, -0.2) is 0 Å². The average Bonchev–Trinajstić information content (AvgIpc) is 2.90. The Labute approximate surface area is 172 Å². The molecule has 0 aromatic carbocycles. The lowest BCUT2D eigenvalue weighted by atomic mass is 9.49. The molecule has 1 amide bonds. The zero-order valence-corrected chi connectivity index (χ0v) is 17.8. The van der Waals surface area contributed by atoms with Gasteiger partial charge in [-0.3, -0.25) is 14.4 Å². The van der Waals surface area contributed by atoms with Gasteiger partial charge in [0.25, 0.3) is 0 Å². The second-order valence-electron chi connectivity index (χ2n) is 9.80. The summed E-state index contributed by atoms with van der Waals surface area (Å²) in [6.45, 7) is 3.32. The normalized spacial score (nSPS) is 29.7.